The van der Waals surface area contributed by atoms with E-state index in [1.807, 2.05) is 27.0 Å². The Balaban J connectivity index is 2.43. The quantitative estimate of drug-likeness (QED) is 0.309. The van der Waals surface area contributed by atoms with Crippen molar-refractivity contribution in [1.82, 2.24) is 20.4 Å². The molecular formula is C17H23FN6OS. The van der Waals surface area contributed by atoms with Crippen molar-refractivity contribution < 1.29 is 9.50 Å². The van der Waals surface area contributed by atoms with E-state index < -0.39 is 0 Å². The fourth-order valence-electron chi connectivity index (χ4n) is 2.16. The number of hydrazine groups is 1. The molecule has 2 rings (SSSR count). The lowest BCUT2D eigenvalue weighted by atomic mass is 10.2. The van der Waals surface area contributed by atoms with Gasteiger partial charge >= 0.3 is 0 Å². The zero-order valence-corrected chi connectivity index (χ0v) is 16.1. The first-order chi connectivity index (χ1) is 12.5. The Morgan fingerprint density at radius 1 is 1.38 bits per heavy atom. The molecule has 1 heterocycles. The summed E-state index contributed by atoms with van der Waals surface area (Å²) in [5.41, 5.74) is 7.16. The van der Waals surface area contributed by atoms with Crippen molar-refractivity contribution in [1.29, 1.82) is 0 Å². The van der Waals surface area contributed by atoms with Gasteiger partial charge in [0.1, 0.15) is 22.2 Å². The Hall–Kier alpha value is -2.23. The van der Waals surface area contributed by atoms with Crippen LogP contribution in [-0.4, -0.2) is 34.1 Å². The number of nitrogens with zero attached hydrogens (tertiary/aromatic N) is 4. The molecule has 0 saturated carbocycles. The van der Waals surface area contributed by atoms with E-state index in [1.165, 1.54) is 23.9 Å². The number of amidine groups is 1. The van der Waals surface area contributed by atoms with Gasteiger partial charge in [0.25, 0.3) is 0 Å². The van der Waals surface area contributed by atoms with Crippen LogP contribution in [0.1, 0.15) is 19.4 Å². The third-order valence-corrected chi connectivity index (χ3v) is 4.49. The fourth-order valence-corrected chi connectivity index (χ4v) is 3.07. The summed E-state index contributed by atoms with van der Waals surface area (Å²) >= 11 is 1.33. The third-order valence-electron chi connectivity index (χ3n) is 3.46. The minimum atomic E-state index is -0.384. The molecule has 0 bridgehead atoms. The number of aliphatic imine (C=N–C) groups is 1. The van der Waals surface area contributed by atoms with Gasteiger partial charge in [-0.1, -0.05) is 18.7 Å². The molecule has 0 spiro atoms. The van der Waals surface area contributed by atoms with Gasteiger partial charge in [-0.15, -0.1) is 0 Å². The van der Waals surface area contributed by atoms with Gasteiger partial charge in [-0.2, -0.15) is 4.99 Å². The summed E-state index contributed by atoms with van der Waals surface area (Å²) in [7, 11) is 3.53. The molecule has 2 aromatic rings. The third kappa shape index (κ3) is 5.13. The number of hydrogen-bond donors (Lipinski definition) is 3. The monoisotopic (exact) mass is 378 g/mol. The summed E-state index contributed by atoms with van der Waals surface area (Å²) in [5, 5.41) is 10.1. The molecule has 0 radical (unpaired) electrons. The maximum absolute atomic E-state index is 13.4. The molecule has 26 heavy (non-hydrogen) atoms. The van der Waals surface area contributed by atoms with E-state index in [-0.39, 0.29) is 12.4 Å². The molecule has 0 amide bonds. The van der Waals surface area contributed by atoms with Crippen LogP contribution in [0.2, 0.25) is 0 Å². The van der Waals surface area contributed by atoms with Gasteiger partial charge in [-0.3, -0.25) is 9.56 Å². The van der Waals surface area contributed by atoms with Gasteiger partial charge in [-0.05, 0) is 30.7 Å². The number of nitrogens with one attached hydrogen (secondary N) is 2. The molecule has 0 aliphatic carbocycles. The first-order valence-electron chi connectivity index (χ1n) is 8.10. The molecule has 9 heteroatoms. The largest absolute Gasteiger partial charge is 0.392 e. The maximum atomic E-state index is 13.4. The molecule has 140 valence electrons. The Morgan fingerprint density at radius 2 is 2.15 bits per heavy atom. The lowest BCUT2D eigenvalue weighted by Gasteiger charge is -2.11. The average Bonchev–Trinajstić information content (AvgIpc) is 2.63. The summed E-state index contributed by atoms with van der Waals surface area (Å²) in [6, 6.07) is 6.13. The van der Waals surface area contributed by atoms with Gasteiger partial charge in [0.2, 0.25) is 5.95 Å². The minimum Gasteiger partial charge on any atom is -0.392 e. The van der Waals surface area contributed by atoms with E-state index in [1.54, 1.807) is 17.7 Å². The summed E-state index contributed by atoms with van der Waals surface area (Å²) in [6.45, 7) is 4.32. The van der Waals surface area contributed by atoms with Crippen LogP contribution in [-0.2, 0) is 13.7 Å². The molecule has 0 aliphatic heterocycles. The van der Waals surface area contributed by atoms with Crippen LogP contribution in [0, 0.1) is 5.82 Å². The van der Waals surface area contributed by atoms with E-state index >= 15 is 0 Å². The Bertz CT molecular complexity index is 865. The van der Waals surface area contributed by atoms with Crippen molar-refractivity contribution in [3.63, 3.8) is 0 Å². The summed E-state index contributed by atoms with van der Waals surface area (Å²) < 4.78 is 15.1. The average molecular weight is 378 g/mol. The van der Waals surface area contributed by atoms with Crippen molar-refractivity contribution in [2.75, 3.05) is 13.6 Å². The van der Waals surface area contributed by atoms with E-state index in [0.717, 1.165) is 11.4 Å². The van der Waals surface area contributed by atoms with Crippen molar-refractivity contribution in [2.45, 2.75) is 30.4 Å². The number of aromatic nitrogens is 2. The van der Waals surface area contributed by atoms with Crippen molar-refractivity contribution >= 4 is 23.5 Å². The van der Waals surface area contributed by atoms with Gasteiger partial charge in [0, 0.05) is 31.6 Å². The second kappa shape index (κ2) is 9.46. The molecular weight excluding hydrogens is 355 g/mol. The zero-order chi connectivity index (χ0) is 19.1. The number of aliphatic hydroxyl groups excluding tert-OH is 1. The topological polar surface area (TPSA) is 86.8 Å². The minimum absolute atomic E-state index is 0.248. The van der Waals surface area contributed by atoms with Crippen molar-refractivity contribution in [2.24, 2.45) is 17.0 Å². The highest BCUT2D eigenvalue weighted by molar-refractivity contribution is 7.99. The van der Waals surface area contributed by atoms with Gasteiger partial charge in [0.15, 0.2) is 0 Å². The SMILES string of the molecule is CCNN/C(C)=N/c1nc(Sc2ccc(F)cc2CO)cc(=NC)n1C. The Morgan fingerprint density at radius 3 is 2.81 bits per heavy atom. The molecule has 0 saturated heterocycles. The lowest BCUT2D eigenvalue weighted by Crippen LogP contribution is -2.35. The van der Waals surface area contributed by atoms with Gasteiger partial charge in [0.05, 0.1) is 6.61 Å². The van der Waals surface area contributed by atoms with Crippen LogP contribution in [0.15, 0.2) is 44.2 Å². The van der Waals surface area contributed by atoms with Gasteiger partial charge in [-0.25, -0.2) is 14.8 Å². The van der Waals surface area contributed by atoms with E-state index in [4.69, 9.17) is 0 Å². The molecule has 0 unspecified atom stereocenters. The number of halogens is 1. The first kappa shape index (κ1) is 20.1. The zero-order valence-electron chi connectivity index (χ0n) is 15.2. The predicted octanol–water partition coefficient (Wildman–Crippen LogP) is 1.90. The highest BCUT2D eigenvalue weighted by Gasteiger charge is 2.10. The highest BCUT2D eigenvalue weighted by atomic mass is 32.2. The van der Waals surface area contributed by atoms with Crippen molar-refractivity contribution in [3.05, 3.63) is 41.1 Å². The maximum Gasteiger partial charge on any atom is 0.233 e. The predicted molar refractivity (Wildman–Crippen MR) is 101 cm³/mol. The molecule has 1 aromatic heterocycles. The molecule has 1 aromatic carbocycles. The summed E-state index contributed by atoms with van der Waals surface area (Å²) in [5.74, 6) is 0.758. The summed E-state index contributed by atoms with van der Waals surface area (Å²) in [4.78, 5) is 14.0. The number of rotatable bonds is 6. The van der Waals surface area contributed by atoms with Crippen LogP contribution >= 0.6 is 11.8 Å². The van der Waals surface area contributed by atoms with Crippen LogP contribution in [0.4, 0.5) is 10.3 Å². The molecule has 3 N–H and O–H groups in total. The summed E-state index contributed by atoms with van der Waals surface area (Å²) in [6.07, 6.45) is 0. The van der Waals surface area contributed by atoms with Crippen LogP contribution in [0.5, 0.6) is 0 Å². The molecule has 7 nitrogen and oxygen atoms in total. The van der Waals surface area contributed by atoms with Gasteiger partial charge < -0.3 is 10.5 Å². The standard InChI is InChI=1S/C17H23FN6OS/c1-5-20-23-11(2)21-17-22-16(9-15(19-3)24(17)4)26-14-7-6-13(18)8-12(14)10-25/h6-9,20,25H,5,10H2,1-4H3,(H,21,22,23). The molecule has 0 atom stereocenters. The lowest BCUT2D eigenvalue weighted by molar-refractivity contribution is 0.278. The highest BCUT2D eigenvalue weighted by Crippen LogP contribution is 2.30. The Labute approximate surface area is 156 Å². The normalized spacial score (nSPS) is 12.5. The van der Waals surface area contributed by atoms with E-state index in [2.05, 4.69) is 25.8 Å². The number of benzene rings is 1. The number of aliphatic hydroxyl groups is 1. The molecule has 0 aliphatic rings. The fraction of sp³-hybridized carbons (Fsp3) is 0.353. The van der Waals surface area contributed by atoms with Crippen molar-refractivity contribution in [3.8, 4) is 0 Å². The second-order valence-electron chi connectivity index (χ2n) is 5.40. The van der Waals surface area contributed by atoms with Crippen LogP contribution < -0.4 is 16.3 Å². The van der Waals surface area contributed by atoms with E-state index in [0.29, 0.717) is 27.9 Å². The Kier molecular flexibility index (Phi) is 7.31. The molecule has 0 fully saturated rings. The van der Waals surface area contributed by atoms with Crippen LogP contribution in [0.25, 0.3) is 0 Å². The first-order valence-corrected chi connectivity index (χ1v) is 8.92. The smallest absolute Gasteiger partial charge is 0.233 e. The second-order valence-corrected chi connectivity index (χ2v) is 6.46. The number of hydrogen-bond acceptors (Lipinski definition) is 6. The van der Waals surface area contributed by atoms with Crippen LogP contribution in [0.3, 0.4) is 0 Å². The van der Waals surface area contributed by atoms with E-state index in [9.17, 15) is 9.50 Å².